The molecule has 180 valence electrons. The summed E-state index contributed by atoms with van der Waals surface area (Å²) in [7, 11) is 4.54. The number of fused-ring (bicyclic) bond motifs is 1. The molecule has 0 saturated carbocycles. The van der Waals surface area contributed by atoms with E-state index in [0.29, 0.717) is 45.4 Å². The number of nitro benzene ring substituents is 1. The Balaban J connectivity index is 1.58. The Hall–Kier alpha value is -4.53. The number of ether oxygens (including phenoxy) is 5. The fourth-order valence-corrected chi connectivity index (χ4v) is 3.78. The molecule has 1 aliphatic rings. The van der Waals surface area contributed by atoms with Gasteiger partial charge in [-0.3, -0.25) is 14.9 Å². The molecule has 3 aromatic carbocycles. The molecule has 0 amide bonds. The lowest BCUT2D eigenvalue weighted by molar-refractivity contribution is -0.384. The molecular weight excluding hydrogens is 454 g/mol. The summed E-state index contributed by atoms with van der Waals surface area (Å²) in [5.41, 5.74) is 2.47. The summed E-state index contributed by atoms with van der Waals surface area (Å²) < 4.78 is 28.1. The Morgan fingerprint density at radius 1 is 0.914 bits per heavy atom. The van der Waals surface area contributed by atoms with Crippen LogP contribution in [0.2, 0.25) is 0 Å². The van der Waals surface area contributed by atoms with E-state index in [0.717, 1.165) is 5.56 Å². The molecular formula is C26H23NO8. The maximum absolute atomic E-state index is 13.0. The quantitative estimate of drug-likeness (QED) is 0.250. The number of nitrogens with zero attached hydrogens (tertiary/aromatic N) is 1. The van der Waals surface area contributed by atoms with Crippen LogP contribution in [0.4, 0.5) is 5.69 Å². The number of Topliss-reactive ketones (excluding diaryl/α,β-unsaturated/α-hetero) is 1. The summed E-state index contributed by atoms with van der Waals surface area (Å²) in [6.45, 7) is 2.01. The van der Waals surface area contributed by atoms with Gasteiger partial charge >= 0.3 is 0 Å². The van der Waals surface area contributed by atoms with Crippen molar-refractivity contribution in [1.82, 2.24) is 0 Å². The van der Waals surface area contributed by atoms with Crippen LogP contribution in [0.1, 0.15) is 27.0 Å². The summed E-state index contributed by atoms with van der Waals surface area (Å²) in [6.07, 6.45) is 1.60. The highest BCUT2D eigenvalue weighted by atomic mass is 16.6. The number of carbonyl (C=O) groups is 1. The molecule has 9 heteroatoms. The predicted octanol–water partition coefficient (Wildman–Crippen LogP) is 5.12. The lowest BCUT2D eigenvalue weighted by Crippen LogP contribution is -2.00. The minimum atomic E-state index is -0.452. The number of rotatable bonds is 8. The molecule has 0 aromatic heterocycles. The third-order valence-corrected chi connectivity index (χ3v) is 5.60. The molecule has 0 radical (unpaired) electrons. The first-order valence-electron chi connectivity index (χ1n) is 10.6. The summed E-state index contributed by atoms with van der Waals surface area (Å²) in [5, 5.41) is 10.8. The number of benzene rings is 3. The van der Waals surface area contributed by atoms with E-state index >= 15 is 0 Å². The zero-order valence-electron chi connectivity index (χ0n) is 19.6. The van der Waals surface area contributed by atoms with Crippen molar-refractivity contribution in [3.05, 3.63) is 86.7 Å². The van der Waals surface area contributed by atoms with Crippen LogP contribution in [0.15, 0.2) is 54.3 Å². The van der Waals surface area contributed by atoms with E-state index < -0.39 is 4.92 Å². The zero-order chi connectivity index (χ0) is 25.1. The number of allylic oxidation sites excluding steroid dienone is 1. The van der Waals surface area contributed by atoms with Gasteiger partial charge in [-0.25, -0.2) is 0 Å². The Bertz CT molecular complexity index is 1330. The number of carbonyl (C=O) groups excluding carboxylic acids is 1. The Kier molecular flexibility index (Phi) is 6.59. The van der Waals surface area contributed by atoms with Crippen LogP contribution in [0.3, 0.4) is 0 Å². The highest BCUT2D eigenvalue weighted by molar-refractivity contribution is 6.15. The van der Waals surface area contributed by atoms with E-state index in [1.54, 1.807) is 49.4 Å². The van der Waals surface area contributed by atoms with Crippen molar-refractivity contribution in [2.24, 2.45) is 0 Å². The van der Waals surface area contributed by atoms with Crippen molar-refractivity contribution in [2.45, 2.75) is 13.5 Å². The Labute approximate surface area is 201 Å². The van der Waals surface area contributed by atoms with Crippen LogP contribution in [0, 0.1) is 17.0 Å². The average molecular weight is 477 g/mol. The van der Waals surface area contributed by atoms with Gasteiger partial charge in [-0.05, 0) is 55.0 Å². The van der Waals surface area contributed by atoms with Crippen molar-refractivity contribution >= 4 is 17.5 Å². The lowest BCUT2D eigenvalue weighted by Gasteiger charge is -2.14. The number of ketones is 1. The monoisotopic (exact) mass is 477 g/mol. The predicted molar refractivity (Wildman–Crippen MR) is 128 cm³/mol. The second kappa shape index (κ2) is 9.76. The van der Waals surface area contributed by atoms with Crippen LogP contribution in [0.25, 0.3) is 6.08 Å². The van der Waals surface area contributed by atoms with Gasteiger partial charge in [-0.1, -0.05) is 0 Å². The smallest absolute Gasteiger partial charge is 0.269 e. The molecule has 0 aliphatic carbocycles. The number of methoxy groups -OCH3 is 3. The van der Waals surface area contributed by atoms with Crippen molar-refractivity contribution in [3.63, 3.8) is 0 Å². The molecule has 35 heavy (non-hydrogen) atoms. The third kappa shape index (κ3) is 4.48. The molecule has 0 N–H and O–H groups in total. The fourth-order valence-electron chi connectivity index (χ4n) is 3.78. The van der Waals surface area contributed by atoms with Crippen LogP contribution >= 0.6 is 0 Å². The zero-order valence-corrected chi connectivity index (χ0v) is 19.6. The molecule has 0 bridgehead atoms. The highest BCUT2D eigenvalue weighted by Gasteiger charge is 2.31. The standard InChI is InChI=1S/C26H23NO8/c1-15-20(34-14-16-5-8-18(9-6-16)27(29)30)12-10-19-23(28)22(35-24(15)19)13-17-7-11-21(31-2)26(33-4)25(17)32-3/h5-13H,14H2,1-4H3/b22-13-. The van der Waals surface area contributed by atoms with E-state index in [4.69, 9.17) is 23.7 Å². The molecule has 0 saturated heterocycles. The molecule has 3 aromatic rings. The van der Waals surface area contributed by atoms with E-state index in [1.807, 2.05) is 0 Å². The van der Waals surface area contributed by atoms with Crippen molar-refractivity contribution < 1.29 is 33.4 Å². The maximum Gasteiger partial charge on any atom is 0.269 e. The highest BCUT2D eigenvalue weighted by Crippen LogP contribution is 2.43. The molecule has 0 unspecified atom stereocenters. The first-order chi connectivity index (χ1) is 16.9. The van der Waals surface area contributed by atoms with E-state index in [2.05, 4.69) is 0 Å². The molecule has 9 nitrogen and oxygen atoms in total. The first kappa shape index (κ1) is 23.6. The van der Waals surface area contributed by atoms with Gasteiger partial charge in [0.15, 0.2) is 17.3 Å². The summed E-state index contributed by atoms with van der Waals surface area (Å²) in [4.78, 5) is 23.4. The van der Waals surface area contributed by atoms with Crippen molar-refractivity contribution in [3.8, 4) is 28.7 Å². The fraction of sp³-hybridized carbons (Fsp3) is 0.192. The number of hydrogen-bond acceptors (Lipinski definition) is 8. The van der Waals surface area contributed by atoms with Crippen LogP contribution < -0.4 is 23.7 Å². The second-order valence-corrected chi connectivity index (χ2v) is 7.64. The maximum atomic E-state index is 13.0. The normalized spacial score (nSPS) is 13.3. The largest absolute Gasteiger partial charge is 0.493 e. The molecule has 1 heterocycles. The molecule has 4 rings (SSSR count). The van der Waals surface area contributed by atoms with Gasteiger partial charge in [0.05, 0.1) is 31.8 Å². The van der Waals surface area contributed by atoms with E-state index in [1.165, 1.54) is 33.5 Å². The molecule has 0 fully saturated rings. The topological polar surface area (TPSA) is 106 Å². The van der Waals surface area contributed by atoms with Crippen molar-refractivity contribution in [2.75, 3.05) is 21.3 Å². The van der Waals surface area contributed by atoms with Gasteiger partial charge in [0.25, 0.3) is 5.69 Å². The number of hydrogen-bond donors (Lipinski definition) is 0. The SMILES string of the molecule is COc1ccc(/C=C2\Oc3c(ccc(OCc4ccc([N+](=O)[O-])cc4)c3C)C2=O)c(OC)c1OC. The van der Waals surface area contributed by atoms with Gasteiger partial charge in [0, 0.05) is 23.3 Å². The number of nitro groups is 1. The summed E-state index contributed by atoms with van der Waals surface area (Å²) in [5.74, 6) is 2.16. The van der Waals surface area contributed by atoms with Gasteiger partial charge in [0.2, 0.25) is 11.5 Å². The summed E-state index contributed by atoms with van der Waals surface area (Å²) >= 11 is 0. The van der Waals surface area contributed by atoms with E-state index in [9.17, 15) is 14.9 Å². The van der Waals surface area contributed by atoms with Crippen LogP contribution in [-0.2, 0) is 6.61 Å². The van der Waals surface area contributed by atoms with Gasteiger partial charge in [-0.15, -0.1) is 0 Å². The van der Waals surface area contributed by atoms with Gasteiger partial charge in [0.1, 0.15) is 18.1 Å². The van der Waals surface area contributed by atoms with Crippen LogP contribution in [0.5, 0.6) is 28.7 Å². The van der Waals surface area contributed by atoms with Gasteiger partial charge in [-0.2, -0.15) is 0 Å². The minimum absolute atomic E-state index is 0.0137. The Morgan fingerprint density at radius 3 is 2.23 bits per heavy atom. The minimum Gasteiger partial charge on any atom is -0.493 e. The Morgan fingerprint density at radius 2 is 1.60 bits per heavy atom. The van der Waals surface area contributed by atoms with Crippen molar-refractivity contribution in [1.29, 1.82) is 0 Å². The number of non-ortho nitro benzene ring substituents is 1. The van der Waals surface area contributed by atoms with E-state index in [-0.39, 0.29) is 23.8 Å². The average Bonchev–Trinajstić information content (AvgIpc) is 3.19. The van der Waals surface area contributed by atoms with Gasteiger partial charge < -0.3 is 23.7 Å². The third-order valence-electron chi connectivity index (χ3n) is 5.60. The molecule has 0 spiro atoms. The first-order valence-corrected chi connectivity index (χ1v) is 10.6. The lowest BCUT2D eigenvalue weighted by atomic mass is 10.1. The van der Waals surface area contributed by atoms with Crippen LogP contribution in [-0.4, -0.2) is 32.0 Å². The second-order valence-electron chi connectivity index (χ2n) is 7.64. The molecule has 1 aliphatic heterocycles. The molecule has 0 atom stereocenters. The summed E-state index contributed by atoms with van der Waals surface area (Å²) in [6, 6.07) is 13.0.